The number of rotatable bonds is 7. The second-order valence-electron chi connectivity index (χ2n) is 7.71. The van der Waals surface area contributed by atoms with Crippen LogP contribution in [0.3, 0.4) is 0 Å². The highest BCUT2D eigenvalue weighted by atomic mass is 16.7. The molecule has 0 aliphatic carbocycles. The maximum absolute atomic E-state index is 13.3. The molecule has 3 heterocycles. The van der Waals surface area contributed by atoms with Crippen LogP contribution in [0.5, 0.6) is 5.88 Å². The lowest BCUT2D eigenvalue weighted by Crippen LogP contribution is -2.40. The first-order valence-corrected chi connectivity index (χ1v) is 10.2. The molecule has 1 aliphatic rings. The van der Waals surface area contributed by atoms with Gasteiger partial charge in [0.1, 0.15) is 5.82 Å². The van der Waals surface area contributed by atoms with Gasteiger partial charge in [-0.2, -0.15) is 4.98 Å². The molecule has 2 aromatic heterocycles. The highest BCUT2D eigenvalue weighted by molar-refractivity contribution is 6.10. The van der Waals surface area contributed by atoms with Gasteiger partial charge in [-0.1, -0.05) is 18.2 Å². The Morgan fingerprint density at radius 2 is 1.81 bits per heavy atom. The van der Waals surface area contributed by atoms with Gasteiger partial charge >= 0.3 is 0 Å². The van der Waals surface area contributed by atoms with Crippen LogP contribution in [0.15, 0.2) is 48.5 Å². The van der Waals surface area contributed by atoms with Crippen molar-refractivity contribution >= 4 is 28.7 Å². The Morgan fingerprint density at radius 3 is 2.53 bits per heavy atom. The number of methoxy groups -OCH3 is 1. The summed E-state index contributed by atoms with van der Waals surface area (Å²) in [5, 5.41) is 2.10. The van der Waals surface area contributed by atoms with Crippen molar-refractivity contribution < 1.29 is 19.2 Å². The average molecular weight is 435 g/mol. The van der Waals surface area contributed by atoms with Gasteiger partial charge in [-0.05, 0) is 38.4 Å². The van der Waals surface area contributed by atoms with Gasteiger partial charge in [0.25, 0.3) is 5.91 Å². The van der Waals surface area contributed by atoms with Gasteiger partial charge in [-0.3, -0.25) is 14.5 Å². The van der Waals surface area contributed by atoms with Gasteiger partial charge in [0, 0.05) is 36.0 Å². The molecule has 166 valence electrons. The van der Waals surface area contributed by atoms with Gasteiger partial charge in [0.05, 0.1) is 13.7 Å². The zero-order valence-corrected chi connectivity index (χ0v) is 18.5. The lowest BCUT2D eigenvalue weighted by atomic mass is 10.1. The number of amides is 2. The molecule has 32 heavy (non-hydrogen) atoms. The maximum Gasteiger partial charge on any atom is 0.262 e. The topological polar surface area (TPSA) is 88.1 Å². The Balaban J connectivity index is 1.74. The third-order valence-corrected chi connectivity index (χ3v) is 5.21. The summed E-state index contributed by atoms with van der Waals surface area (Å²) >= 11 is 0. The van der Waals surface area contributed by atoms with Crippen molar-refractivity contribution in [3.63, 3.8) is 0 Å². The molecule has 0 N–H and O–H groups in total. The van der Waals surface area contributed by atoms with E-state index in [-0.39, 0.29) is 11.8 Å². The molecular weight excluding hydrogens is 410 g/mol. The molecule has 0 spiro atoms. The Hall–Kier alpha value is -3.56. The summed E-state index contributed by atoms with van der Waals surface area (Å²) in [5.41, 5.74) is 1.63. The van der Waals surface area contributed by atoms with Crippen LogP contribution in [0.4, 0.5) is 5.82 Å². The van der Waals surface area contributed by atoms with E-state index >= 15 is 0 Å². The second kappa shape index (κ2) is 8.89. The Labute approximate surface area is 186 Å². The average Bonchev–Trinajstić information content (AvgIpc) is 3.07. The van der Waals surface area contributed by atoms with E-state index < -0.39 is 6.23 Å². The van der Waals surface area contributed by atoms with Gasteiger partial charge in [-0.15, -0.1) is 0 Å². The van der Waals surface area contributed by atoms with Gasteiger partial charge in [0.15, 0.2) is 11.9 Å². The fourth-order valence-electron chi connectivity index (χ4n) is 3.53. The molecule has 0 saturated heterocycles. The quantitative estimate of drug-likeness (QED) is 0.527. The minimum Gasteiger partial charge on any atom is -0.481 e. The van der Waals surface area contributed by atoms with Crippen LogP contribution in [0, 0.1) is 0 Å². The van der Waals surface area contributed by atoms with Crippen LogP contribution in [-0.4, -0.2) is 66.0 Å². The lowest BCUT2D eigenvalue weighted by Gasteiger charge is -2.30. The Morgan fingerprint density at radius 1 is 1.06 bits per heavy atom. The largest absolute Gasteiger partial charge is 0.481 e. The Bertz CT molecular complexity index is 1170. The third-order valence-electron chi connectivity index (χ3n) is 5.21. The van der Waals surface area contributed by atoms with E-state index in [1.807, 2.05) is 43.3 Å². The van der Waals surface area contributed by atoms with Crippen molar-refractivity contribution in [2.24, 2.45) is 0 Å². The number of likely N-dealkylation sites (N-methyl/N-ethyl adjacent to an activating group) is 1. The van der Waals surface area contributed by atoms with Crippen molar-refractivity contribution in [3.05, 3.63) is 59.7 Å². The first-order chi connectivity index (χ1) is 15.4. The number of aromatic nitrogens is 2. The number of pyridine rings is 2. The summed E-state index contributed by atoms with van der Waals surface area (Å²) in [6.45, 7) is 2.40. The molecule has 9 nitrogen and oxygen atoms in total. The van der Waals surface area contributed by atoms with E-state index in [0.717, 1.165) is 5.39 Å². The molecule has 9 heteroatoms. The molecule has 0 saturated carbocycles. The molecule has 3 aromatic rings. The highest BCUT2D eigenvalue weighted by Gasteiger charge is 2.41. The monoisotopic (exact) mass is 435 g/mol. The second-order valence-corrected chi connectivity index (χ2v) is 7.71. The highest BCUT2D eigenvalue weighted by Crippen LogP contribution is 2.38. The predicted molar refractivity (Wildman–Crippen MR) is 119 cm³/mol. The first-order valence-electron chi connectivity index (χ1n) is 10.2. The lowest BCUT2D eigenvalue weighted by molar-refractivity contribution is -0.204. The molecule has 0 fully saturated rings. The normalized spacial score (nSPS) is 15.3. The van der Waals surface area contributed by atoms with E-state index in [0.29, 0.717) is 41.6 Å². The minimum absolute atomic E-state index is 0.249. The first kappa shape index (κ1) is 21.7. The van der Waals surface area contributed by atoms with Gasteiger partial charge < -0.3 is 9.64 Å². The molecule has 0 radical (unpaired) electrons. The van der Waals surface area contributed by atoms with Crippen molar-refractivity contribution in [1.82, 2.24) is 19.9 Å². The summed E-state index contributed by atoms with van der Waals surface area (Å²) in [4.78, 5) is 44.1. The molecule has 1 aromatic carbocycles. The van der Waals surface area contributed by atoms with Crippen molar-refractivity contribution in [3.8, 4) is 5.88 Å². The van der Waals surface area contributed by atoms with Crippen LogP contribution in [0.2, 0.25) is 0 Å². The number of carbonyl (C=O) groups is 2. The number of benzene rings is 1. The van der Waals surface area contributed by atoms with E-state index in [9.17, 15) is 9.59 Å². The summed E-state index contributed by atoms with van der Waals surface area (Å²) in [6, 6.07) is 14.4. The van der Waals surface area contributed by atoms with Crippen molar-refractivity contribution in [2.75, 3.05) is 39.2 Å². The summed E-state index contributed by atoms with van der Waals surface area (Å²) in [5.74, 6) is 0.302. The van der Waals surface area contributed by atoms with E-state index in [2.05, 4.69) is 9.97 Å². The number of ether oxygens (including phenoxy) is 1. The number of fused-ring (bicyclic) bond motifs is 2. The summed E-state index contributed by atoms with van der Waals surface area (Å²) in [6.07, 6.45) is -0.833. The smallest absolute Gasteiger partial charge is 0.262 e. The van der Waals surface area contributed by atoms with Crippen molar-refractivity contribution in [2.45, 2.75) is 13.2 Å². The van der Waals surface area contributed by atoms with Crippen LogP contribution in [-0.2, 0) is 9.63 Å². The standard InChI is InChI=1S/C23H25N5O4/c1-15(29)27(14-13-26(2)3)32-23-18-8-6-5-7-17(18)22(30)28(23)19-11-9-16-10-12-20(31-4)25-21(16)24-19/h5-12,23H,13-14H2,1-4H3. The number of hydroxylamine groups is 2. The number of nitrogens with zero attached hydrogens (tertiary/aromatic N) is 5. The van der Waals surface area contributed by atoms with E-state index in [4.69, 9.17) is 9.57 Å². The van der Waals surface area contributed by atoms with E-state index in [1.165, 1.54) is 24.0 Å². The zero-order chi connectivity index (χ0) is 22.8. The van der Waals surface area contributed by atoms with E-state index in [1.54, 1.807) is 24.3 Å². The molecular formula is C23H25N5O4. The number of hydrogen-bond donors (Lipinski definition) is 0. The van der Waals surface area contributed by atoms with Crippen LogP contribution in [0.1, 0.15) is 29.1 Å². The van der Waals surface area contributed by atoms with Gasteiger partial charge in [0.2, 0.25) is 11.8 Å². The number of carbonyl (C=O) groups excluding carboxylic acids is 2. The number of anilines is 1. The Kier molecular flexibility index (Phi) is 6.02. The molecule has 4 rings (SSSR count). The molecule has 2 amide bonds. The van der Waals surface area contributed by atoms with Gasteiger partial charge in [-0.25, -0.2) is 14.9 Å². The molecule has 1 atom stereocenters. The van der Waals surface area contributed by atoms with Crippen LogP contribution in [0.25, 0.3) is 11.0 Å². The predicted octanol–water partition coefficient (Wildman–Crippen LogP) is 2.64. The van der Waals surface area contributed by atoms with Crippen LogP contribution < -0.4 is 9.64 Å². The molecule has 0 bridgehead atoms. The summed E-state index contributed by atoms with van der Waals surface area (Å²) < 4.78 is 5.20. The number of hydrogen-bond acceptors (Lipinski definition) is 7. The summed E-state index contributed by atoms with van der Waals surface area (Å²) in [7, 11) is 5.37. The molecule has 1 aliphatic heterocycles. The van der Waals surface area contributed by atoms with Crippen LogP contribution >= 0.6 is 0 Å². The zero-order valence-electron chi connectivity index (χ0n) is 18.5. The molecule has 1 unspecified atom stereocenters. The minimum atomic E-state index is -0.833. The fraction of sp³-hybridized carbons (Fsp3) is 0.304. The third kappa shape index (κ3) is 4.12. The fourth-order valence-corrected chi connectivity index (χ4v) is 3.53. The maximum atomic E-state index is 13.3. The van der Waals surface area contributed by atoms with Crippen molar-refractivity contribution in [1.29, 1.82) is 0 Å². The SMILES string of the molecule is COc1ccc2ccc(N3C(=O)c4ccccc4C3ON(CCN(C)C)C(C)=O)nc2n1.